The van der Waals surface area contributed by atoms with E-state index in [1.165, 1.54) is 6.08 Å². The lowest BCUT2D eigenvalue weighted by atomic mass is 10.2. The Morgan fingerprint density at radius 3 is 2.69 bits per heavy atom. The molecule has 2 amide bonds. The first-order valence-electron chi connectivity index (χ1n) is 8.52. The van der Waals surface area contributed by atoms with E-state index in [0.29, 0.717) is 6.42 Å². The number of nitrogens with one attached hydrogen (secondary N) is 1. The van der Waals surface area contributed by atoms with Gasteiger partial charge in [-0.25, -0.2) is 9.66 Å². The number of hydrogen-bond donors (Lipinski definition) is 1. The van der Waals surface area contributed by atoms with Crippen molar-refractivity contribution < 1.29 is 9.59 Å². The van der Waals surface area contributed by atoms with Crippen LogP contribution in [0.5, 0.6) is 0 Å². The Kier molecular flexibility index (Phi) is 4.23. The van der Waals surface area contributed by atoms with E-state index in [-0.39, 0.29) is 11.8 Å². The highest BCUT2D eigenvalue weighted by Gasteiger charge is 2.21. The number of carbonyl (C=O) groups excluding carboxylic acids is 2. The summed E-state index contributed by atoms with van der Waals surface area (Å²) >= 11 is 0. The molecule has 0 bridgehead atoms. The molecule has 3 aromatic rings. The third-order valence-electron chi connectivity index (χ3n) is 4.39. The Bertz CT molecular complexity index is 988. The van der Waals surface area contributed by atoms with E-state index in [9.17, 15) is 9.59 Å². The van der Waals surface area contributed by atoms with Gasteiger partial charge in [0.15, 0.2) is 0 Å². The summed E-state index contributed by atoms with van der Waals surface area (Å²) in [6.45, 7) is 0.773. The molecule has 6 nitrogen and oxygen atoms in total. The van der Waals surface area contributed by atoms with E-state index in [0.717, 1.165) is 35.2 Å². The number of benzene rings is 2. The van der Waals surface area contributed by atoms with Crippen molar-refractivity contribution in [1.82, 2.24) is 9.66 Å². The average molecular weight is 346 g/mol. The zero-order valence-electron chi connectivity index (χ0n) is 14.1. The monoisotopic (exact) mass is 346 g/mol. The molecule has 1 aliphatic heterocycles. The Balaban J connectivity index is 1.42. The van der Waals surface area contributed by atoms with E-state index < -0.39 is 0 Å². The van der Waals surface area contributed by atoms with Gasteiger partial charge in [0.05, 0.1) is 11.0 Å². The topological polar surface area (TPSA) is 67.2 Å². The predicted octanol–water partition coefficient (Wildman–Crippen LogP) is 2.95. The van der Waals surface area contributed by atoms with Gasteiger partial charge < -0.3 is 4.90 Å². The first kappa shape index (κ1) is 16.1. The molecule has 1 saturated heterocycles. The van der Waals surface area contributed by atoms with Gasteiger partial charge in [0.1, 0.15) is 6.33 Å². The molecule has 0 spiro atoms. The Labute approximate surface area is 150 Å². The Morgan fingerprint density at radius 1 is 1.12 bits per heavy atom. The number of carbonyl (C=O) groups is 2. The number of aromatic nitrogens is 2. The molecular weight excluding hydrogens is 328 g/mol. The first-order chi connectivity index (χ1) is 12.7. The van der Waals surface area contributed by atoms with Gasteiger partial charge in [-0.1, -0.05) is 24.3 Å². The lowest BCUT2D eigenvalue weighted by Crippen LogP contribution is -2.23. The SMILES string of the molecule is O=C(C=Cc1ccc(N2CCCC2=O)cc1)Nn1cnc2ccccc21. The van der Waals surface area contributed by atoms with E-state index >= 15 is 0 Å². The van der Waals surface area contributed by atoms with E-state index in [2.05, 4.69) is 10.4 Å². The van der Waals surface area contributed by atoms with Crippen LogP contribution in [0.4, 0.5) is 5.69 Å². The van der Waals surface area contributed by atoms with Crippen LogP contribution in [-0.4, -0.2) is 28.0 Å². The maximum absolute atomic E-state index is 12.1. The van der Waals surface area contributed by atoms with Gasteiger partial charge in [-0.3, -0.25) is 15.0 Å². The summed E-state index contributed by atoms with van der Waals surface area (Å²) in [7, 11) is 0. The summed E-state index contributed by atoms with van der Waals surface area (Å²) < 4.78 is 1.60. The minimum atomic E-state index is -0.244. The molecule has 1 aliphatic rings. The highest BCUT2D eigenvalue weighted by Crippen LogP contribution is 2.21. The van der Waals surface area contributed by atoms with Crippen molar-refractivity contribution in [3.63, 3.8) is 0 Å². The van der Waals surface area contributed by atoms with Crippen LogP contribution < -0.4 is 10.3 Å². The van der Waals surface area contributed by atoms with Crippen molar-refractivity contribution in [3.8, 4) is 0 Å². The molecule has 1 N–H and O–H groups in total. The molecule has 1 fully saturated rings. The molecule has 4 rings (SSSR count). The van der Waals surface area contributed by atoms with E-state index in [1.54, 1.807) is 22.0 Å². The number of rotatable bonds is 4. The summed E-state index contributed by atoms with van der Waals surface area (Å²) in [5.41, 5.74) is 6.23. The van der Waals surface area contributed by atoms with Crippen LogP contribution in [0.2, 0.25) is 0 Å². The van der Waals surface area contributed by atoms with E-state index in [1.807, 2.05) is 48.5 Å². The normalized spacial score (nSPS) is 14.5. The average Bonchev–Trinajstić information content (AvgIpc) is 3.27. The summed E-state index contributed by atoms with van der Waals surface area (Å²) in [5.74, 6) is -0.0767. The van der Waals surface area contributed by atoms with Gasteiger partial charge in [0.2, 0.25) is 5.91 Å². The number of nitrogens with zero attached hydrogens (tertiary/aromatic N) is 3. The third-order valence-corrected chi connectivity index (χ3v) is 4.39. The van der Waals surface area contributed by atoms with Crippen molar-refractivity contribution in [2.75, 3.05) is 16.9 Å². The van der Waals surface area contributed by atoms with Crippen LogP contribution in [0.25, 0.3) is 17.1 Å². The number of hydrogen-bond acceptors (Lipinski definition) is 3. The summed E-state index contributed by atoms with van der Waals surface area (Å²) in [4.78, 5) is 29.9. The molecule has 0 saturated carbocycles. The summed E-state index contributed by atoms with van der Waals surface area (Å²) in [5, 5.41) is 0. The fourth-order valence-electron chi connectivity index (χ4n) is 3.06. The molecule has 2 heterocycles. The van der Waals surface area contributed by atoms with Crippen LogP contribution in [-0.2, 0) is 9.59 Å². The molecule has 1 aromatic heterocycles. The highest BCUT2D eigenvalue weighted by atomic mass is 16.2. The van der Waals surface area contributed by atoms with E-state index in [4.69, 9.17) is 0 Å². The van der Waals surface area contributed by atoms with Gasteiger partial charge in [-0.15, -0.1) is 0 Å². The number of para-hydroxylation sites is 2. The largest absolute Gasteiger partial charge is 0.312 e. The second kappa shape index (κ2) is 6.84. The lowest BCUT2D eigenvalue weighted by molar-refractivity contribution is -0.117. The van der Waals surface area contributed by atoms with Crippen molar-refractivity contribution in [2.45, 2.75) is 12.8 Å². The quantitative estimate of drug-likeness (QED) is 0.739. The van der Waals surface area contributed by atoms with Crippen molar-refractivity contribution >= 4 is 34.6 Å². The van der Waals surface area contributed by atoms with Crippen molar-refractivity contribution in [3.05, 3.63) is 66.5 Å². The standard InChI is InChI=1S/C20H18N4O2/c25-19(22-24-14-21-17-4-1-2-5-18(17)24)12-9-15-7-10-16(11-8-15)23-13-3-6-20(23)26/h1-2,4-5,7-12,14H,3,6,13H2,(H,22,25). The molecule has 130 valence electrons. The molecule has 0 radical (unpaired) electrons. The molecular formula is C20H18N4O2. The van der Waals surface area contributed by atoms with Crippen molar-refractivity contribution in [2.24, 2.45) is 0 Å². The predicted molar refractivity (Wildman–Crippen MR) is 101 cm³/mol. The van der Waals surface area contributed by atoms with Crippen LogP contribution in [0.3, 0.4) is 0 Å². The zero-order valence-corrected chi connectivity index (χ0v) is 14.1. The molecule has 0 atom stereocenters. The van der Waals surface area contributed by atoms with Gasteiger partial charge in [-0.2, -0.15) is 0 Å². The molecule has 2 aromatic carbocycles. The van der Waals surface area contributed by atoms with Crippen LogP contribution in [0.15, 0.2) is 60.9 Å². The molecule has 6 heteroatoms. The third kappa shape index (κ3) is 3.21. The number of fused-ring (bicyclic) bond motifs is 1. The maximum atomic E-state index is 12.1. The van der Waals surface area contributed by atoms with Crippen LogP contribution in [0.1, 0.15) is 18.4 Å². The Hall–Kier alpha value is -3.41. The zero-order chi connectivity index (χ0) is 17.9. The molecule has 26 heavy (non-hydrogen) atoms. The fourth-order valence-corrected chi connectivity index (χ4v) is 3.06. The molecule has 0 aliphatic carbocycles. The fraction of sp³-hybridized carbons (Fsp3) is 0.150. The number of imidazole rings is 1. The van der Waals surface area contributed by atoms with Gasteiger partial charge in [0, 0.05) is 24.7 Å². The smallest absolute Gasteiger partial charge is 0.262 e. The van der Waals surface area contributed by atoms with Crippen LogP contribution >= 0.6 is 0 Å². The van der Waals surface area contributed by atoms with Gasteiger partial charge >= 0.3 is 0 Å². The van der Waals surface area contributed by atoms with Gasteiger partial charge in [-0.05, 0) is 42.3 Å². The summed E-state index contributed by atoms with van der Waals surface area (Å²) in [6.07, 6.45) is 6.32. The molecule has 0 unspecified atom stereocenters. The minimum absolute atomic E-state index is 0.167. The number of anilines is 1. The van der Waals surface area contributed by atoms with Crippen molar-refractivity contribution in [1.29, 1.82) is 0 Å². The Morgan fingerprint density at radius 2 is 1.92 bits per heavy atom. The number of amides is 2. The lowest BCUT2D eigenvalue weighted by Gasteiger charge is -2.15. The summed E-state index contributed by atoms with van der Waals surface area (Å²) in [6, 6.07) is 15.2. The first-order valence-corrected chi connectivity index (χ1v) is 8.52. The highest BCUT2D eigenvalue weighted by molar-refractivity contribution is 5.98. The minimum Gasteiger partial charge on any atom is -0.312 e. The second-order valence-corrected chi connectivity index (χ2v) is 6.15. The second-order valence-electron chi connectivity index (χ2n) is 6.15. The van der Waals surface area contributed by atoms with Crippen LogP contribution in [0, 0.1) is 0 Å². The maximum Gasteiger partial charge on any atom is 0.262 e. The van der Waals surface area contributed by atoms with Gasteiger partial charge in [0.25, 0.3) is 5.91 Å².